The van der Waals surface area contributed by atoms with Gasteiger partial charge in [0.15, 0.2) is 5.67 Å². The number of amides is 1. The summed E-state index contributed by atoms with van der Waals surface area (Å²) in [6, 6.07) is 5.74. The Balaban J connectivity index is 1.83. The molecule has 2 heterocycles. The summed E-state index contributed by atoms with van der Waals surface area (Å²) in [5, 5.41) is 0. The van der Waals surface area contributed by atoms with Crippen LogP contribution in [0.5, 0.6) is 0 Å². The highest BCUT2D eigenvalue weighted by atomic mass is 19.1. The molecule has 1 atom stereocenters. The van der Waals surface area contributed by atoms with Crippen molar-refractivity contribution < 1.29 is 18.0 Å². The van der Waals surface area contributed by atoms with Crippen LogP contribution in [0.25, 0.3) is 0 Å². The first-order valence-electron chi connectivity index (χ1n) is 6.83. The van der Waals surface area contributed by atoms with Crippen molar-refractivity contribution in [3.8, 4) is 0 Å². The van der Waals surface area contributed by atoms with Crippen LogP contribution >= 0.6 is 0 Å². The van der Waals surface area contributed by atoms with Crippen LogP contribution in [0.2, 0.25) is 0 Å². The summed E-state index contributed by atoms with van der Waals surface area (Å²) >= 11 is 0. The highest BCUT2D eigenvalue weighted by molar-refractivity contribution is 5.94. The van der Waals surface area contributed by atoms with E-state index in [1.807, 2.05) is 0 Å². The molecule has 114 valence electrons. The Morgan fingerprint density at radius 3 is 2.41 bits per heavy atom. The average molecular weight is 306 g/mol. The first-order valence-corrected chi connectivity index (χ1v) is 6.83. The fourth-order valence-corrected chi connectivity index (χ4v) is 2.67. The highest BCUT2D eigenvalue weighted by Gasteiger charge is 2.42. The lowest BCUT2D eigenvalue weighted by Gasteiger charge is -2.21. The molecule has 1 aromatic carbocycles. The molecule has 1 aromatic heterocycles. The molecule has 0 N–H and O–H groups in total. The summed E-state index contributed by atoms with van der Waals surface area (Å²) in [5.41, 5.74) is -1.61. The van der Waals surface area contributed by atoms with E-state index in [9.17, 15) is 18.0 Å². The Kier molecular flexibility index (Phi) is 3.60. The summed E-state index contributed by atoms with van der Waals surface area (Å²) in [7, 11) is 0. The van der Waals surface area contributed by atoms with Crippen molar-refractivity contribution >= 4 is 5.91 Å². The first kappa shape index (κ1) is 14.6. The summed E-state index contributed by atoms with van der Waals surface area (Å²) in [6.07, 6.45) is 2.97. The number of carbonyl (C=O) groups excluding carboxylic acids is 1. The lowest BCUT2D eigenvalue weighted by molar-refractivity contribution is 0.0750. The zero-order chi connectivity index (χ0) is 15.7. The topological polar surface area (TPSA) is 33.2 Å². The zero-order valence-corrected chi connectivity index (χ0v) is 11.6. The molecule has 0 spiro atoms. The fourth-order valence-electron chi connectivity index (χ4n) is 2.67. The number of aromatic nitrogens is 1. The molecule has 2 aromatic rings. The highest BCUT2D eigenvalue weighted by Crippen LogP contribution is 2.37. The van der Waals surface area contributed by atoms with Crippen molar-refractivity contribution in [2.24, 2.45) is 0 Å². The van der Waals surface area contributed by atoms with Crippen LogP contribution in [0.3, 0.4) is 0 Å². The third kappa shape index (κ3) is 2.68. The zero-order valence-electron chi connectivity index (χ0n) is 11.6. The van der Waals surface area contributed by atoms with Crippen LogP contribution in [-0.2, 0) is 5.67 Å². The molecule has 0 radical (unpaired) electrons. The molecule has 1 unspecified atom stereocenters. The third-order valence-electron chi connectivity index (χ3n) is 3.81. The Hall–Kier alpha value is -2.37. The molecule has 3 rings (SSSR count). The van der Waals surface area contributed by atoms with E-state index < -0.39 is 17.3 Å². The van der Waals surface area contributed by atoms with Gasteiger partial charge in [0.05, 0.1) is 6.54 Å². The second kappa shape index (κ2) is 5.44. The van der Waals surface area contributed by atoms with Crippen molar-refractivity contribution in [1.82, 2.24) is 9.88 Å². The second-order valence-electron chi connectivity index (χ2n) is 5.34. The van der Waals surface area contributed by atoms with Gasteiger partial charge >= 0.3 is 0 Å². The molecule has 1 aliphatic rings. The van der Waals surface area contributed by atoms with Gasteiger partial charge in [0, 0.05) is 37.0 Å². The summed E-state index contributed by atoms with van der Waals surface area (Å²) in [4.78, 5) is 17.5. The van der Waals surface area contributed by atoms with Gasteiger partial charge in [-0.25, -0.2) is 13.2 Å². The van der Waals surface area contributed by atoms with Crippen molar-refractivity contribution in [2.45, 2.75) is 12.1 Å². The number of nitrogens with zero attached hydrogens (tertiary/aromatic N) is 2. The van der Waals surface area contributed by atoms with Crippen molar-refractivity contribution in [1.29, 1.82) is 0 Å². The molecule has 6 heteroatoms. The number of hydrogen-bond donors (Lipinski definition) is 0. The minimum atomic E-state index is -1.94. The lowest BCUT2D eigenvalue weighted by atomic mass is 9.95. The number of carbonyl (C=O) groups is 1. The molecule has 22 heavy (non-hydrogen) atoms. The Morgan fingerprint density at radius 1 is 1.14 bits per heavy atom. The number of likely N-dealkylation sites (tertiary alicyclic amines) is 1. The van der Waals surface area contributed by atoms with E-state index in [4.69, 9.17) is 0 Å². The SMILES string of the molecule is O=C(c1ccncc1)N1CCC(F)(c2cc(F)cc(F)c2)C1. The van der Waals surface area contributed by atoms with Crippen LogP contribution < -0.4 is 0 Å². The molecular formula is C16H13F3N2O. The van der Waals surface area contributed by atoms with Crippen LogP contribution in [0.4, 0.5) is 13.2 Å². The standard InChI is InChI=1S/C16H13F3N2O/c17-13-7-12(8-14(18)9-13)16(19)3-6-21(10-16)15(22)11-1-4-20-5-2-11/h1-2,4-5,7-9H,3,6,10H2. The van der Waals surface area contributed by atoms with E-state index >= 15 is 0 Å². The van der Waals surface area contributed by atoms with Crippen molar-refractivity contribution in [3.05, 3.63) is 65.5 Å². The number of halogens is 3. The first-order chi connectivity index (χ1) is 10.5. The number of hydrogen-bond acceptors (Lipinski definition) is 2. The van der Waals surface area contributed by atoms with Gasteiger partial charge in [0.25, 0.3) is 5.91 Å². The quantitative estimate of drug-likeness (QED) is 0.854. The summed E-state index contributed by atoms with van der Waals surface area (Å²) in [6.45, 7) is -0.0349. The number of benzene rings is 1. The van der Waals surface area contributed by atoms with Crippen LogP contribution in [-0.4, -0.2) is 28.9 Å². The largest absolute Gasteiger partial charge is 0.335 e. The van der Waals surface area contributed by atoms with Gasteiger partial charge in [-0.1, -0.05) is 0 Å². The second-order valence-corrected chi connectivity index (χ2v) is 5.34. The van der Waals surface area contributed by atoms with Gasteiger partial charge in [-0.05, 0) is 29.8 Å². The molecule has 3 nitrogen and oxygen atoms in total. The monoisotopic (exact) mass is 306 g/mol. The van der Waals surface area contributed by atoms with Crippen LogP contribution in [0.1, 0.15) is 22.3 Å². The molecule has 0 aliphatic carbocycles. The smallest absolute Gasteiger partial charge is 0.254 e. The normalized spacial score (nSPS) is 21.1. The fraction of sp³-hybridized carbons (Fsp3) is 0.250. The number of alkyl halides is 1. The predicted molar refractivity (Wildman–Crippen MR) is 73.9 cm³/mol. The number of rotatable bonds is 2. The summed E-state index contributed by atoms with van der Waals surface area (Å²) < 4.78 is 41.5. The third-order valence-corrected chi connectivity index (χ3v) is 3.81. The summed E-state index contributed by atoms with van der Waals surface area (Å²) in [5.74, 6) is -1.98. The maximum atomic E-state index is 15.0. The molecule has 1 amide bonds. The van der Waals surface area contributed by atoms with E-state index in [0.717, 1.165) is 12.1 Å². The minimum Gasteiger partial charge on any atom is -0.335 e. The predicted octanol–water partition coefficient (Wildman–Crippen LogP) is 3.07. The molecule has 1 fully saturated rings. The van der Waals surface area contributed by atoms with Crippen molar-refractivity contribution in [3.63, 3.8) is 0 Å². The lowest BCUT2D eigenvalue weighted by Crippen LogP contribution is -2.32. The van der Waals surface area contributed by atoms with E-state index in [1.54, 1.807) is 12.1 Å². The molecular weight excluding hydrogens is 293 g/mol. The molecule has 1 saturated heterocycles. The van der Waals surface area contributed by atoms with Crippen LogP contribution in [0.15, 0.2) is 42.7 Å². The molecule has 1 aliphatic heterocycles. The van der Waals surface area contributed by atoms with Gasteiger partial charge in [0.2, 0.25) is 0 Å². The average Bonchev–Trinajstić information content (AvgIpc) is 2.90. The number of pyridine rings is 1. The minimum absolute atomic E-state index is 0.00666. The van der Waals surface area contributed by atoms with Gasteiger partial charge < -0.3 is 4.90 Å². The van der Waals surface area contributed by atoms with Crippen molar-refractivity contribution in [2.75, 3.05) is 13.1 Å². The maximum Gasteiger partial charge on any atom is 0.254 e. The molecule has 0 saturated carbocycles. The van der Waals surface area contributed by atoms with E-state index in [2.05, 4.69) is 4.98 Å². The van der Waals surface area contributed by atoms with Gasteiger partial charge in [-0.3, -0.25) is 9.78 Å². The van der Waals surface area contributed by atoms with E-state index in [-0.39, 0.29) is 31.0 Å². The Bertz CT molecular complexity index is 688. The Labute approximate surface area is 125 Å². The van der Waals surface area contributed by atoms with E-state index in [0.29, 0.717) is 11.6 Å². The van der Waals surface area contributed by atoms with Gasteiger partial charge in [0.1, 0.15) is 11.6 Å². The Morgan fingerprint density at radius 2 is 1.77 bits per heavy atom. The maximum absolute atomic E-state index is 15.0. The molecule has 0 bridgehead atoms. The van der Waals surface area contributed by atoms with Gasteiger partial charge in [-0.15, -0.1) is 0 Å². The van der Waals surface area contributed by atoms with Crippen LogP contribution in [0, 0.1) is 11.6 Å². The van der Waals surface area contributed by atoms with Gasteiger partial charge in [-0.2, -0.15) is 0 Å². The van der Waals surface area contributed by atoms with E-state index in [1.165, 1.54) is 17.3 Å².